The molecule has 0 radical (unpaired) electrons. The molecule has 96 heavy (non-hydrogen) atoms. The predicted octanol–water partition coefficient (Wildman–Crippen LogP) is 12.9. The Morgan fingerprint density at radius 2 is 1.53 bits per heavy atom. The van der Waals surface area contributed by atoms with Crippen LogP contribution in [0.3, 0.4) is 0 Å². The van der Waals surface area contributed by atoms with Crippen LogP contribution in [0, 0.1) is 93.7 Å². The van der Waals surface area contributed by atoms with Gasteiger partial charge in [-0.05, 0) is 203 Å². The van der Waals surface area contributed by atoms with Crippen LogP contribution in [0.2, 0.25) is 0 Å². The van der Waals surface area contributed by atoms with Crippen LogP contribution in [-0.4, -0.2) is 90.5 Å². The van der Waals surface area contributed by atoms with Gasteiger partial charge in [-0.25, -0.2) is 0 Å². The lowest BCUT2D eigenvalue weighted by Crippen LogP contribution is -2.79. The fraction of sp³-hybridized carbons (Fsp3) is 0.512. The summed E-state index contributed by atoms with van der Waals surface area (Å²) in [6.07, 6.45) is 15.1. The highest BCUT2D eigenvalue weighted by Crippen LogP contribution is 2.83. The molecular formula is C84H87NO9S2. The number of aliphatic hydroxyl groups excluding tert-OH is 4. The Morgan fingerprint density at radius 1 is 0.750 bits per heavy atom. The van der Waals surface area contributed by atoms with E-state index < -0.39 is 82.7 Å². The summed E-state index contributed by atoms with van der Waals surface area (Å²) in [4.78, 5) is 17.5. The maximum Gasteiger partial charge on any atom is 0.160 e. The van der Waals surface area contributed by atoms with Crippen LogP contribution in [0.1, 0.15) is 157 Å². The molecule has 2 heterocycles. The lowest BCUT2D eigenvalue weighted by atomic mass is 9.27. The molecule has 8 N–H and O–H groups in total. The van der Waals surface area contributed by atoms with Crippen LogP contribution in [-0.2, 0) is 47.9 Å². The molecule has 13 aliphatic rings. The van der Waals surface area contributed by atoms with Gasteiger partial charge < -0.3 is 45.8 Å². The second-order valence-electron chi connectivity index (χ2n) is 32.3. The van der Waals surface area contributed by atoms with E-state index in [0.717, 1.165) is 127 Å². The molecule has 22 atom stereocenters. The number of methoxy groups -OCH3 is 1. The van der Waals surface area contributed by atoms with Crippen molar-refractivity contribution < 1.29 is 45.3 Å². The maximum atomic E-state index is 17.5. The Balaban J connectivity index is 0.957. The Hall–Kier alpha value is -6.19. The number of benzene rings is 5. The van der Waals surface area contributed by atoms with Crippen LogP contribution in [0.4, 0.5) is 0 Å². The van der Waals surface area contributed by atoms with Crippen LogP contribution < -0.4 is 10.1 Å². The predicted molar refractivity (Wildman–Crippen MR) is 373 cm³/mol. The summed E-state index contributed by atoms with van der Waals surface area (Å²) < 4.78 is 5.87. The van der Waals surface area contributed by atoms with E-state index in [1.54, 1.807) is 12.1 Å². The van der Waals surface area contributed by atoms with Crippen molar-refractivity contribution in [1.82, 2.24) is 5.32 Å². The first-order chi connectivity index (χ1) is 46.7. The molecule has 4 saturated carbocycles. The number of carbonyl (C=O) groups excluding carboxylic acids is 1. The third-order valence-corrected chi connectivity index (χ3v) is 31.1. The van der Waals surface area contributed by atoms with E-state index in [1.807, 2.05) is 51.9 Å². The van der Waals surface area contributed by atoms with Crippen molar-refractivity contribution in [3.05, 3.63) is 187 Å². The van der Waals surface area contributed by atoms with Gasteiger partial charge in [0.1, 0.15) is 5.78 Å². The average Bonchev–Trinajstić information content (AvgIpc) is 0.867. The van der Waals surface area contributed by atoms with E-state index in [9.17, 15) is 30.6 Å². The molecule has 1 saturated heterocycles. The maximum absolute atomic E-state index is 17.5. The van der Waals surface area contributed by atoms with Gasteiger partial charge in [-0.3, -0.25) is 4.79 Å². The third-order valence-electron chi connectivity index (χ3n) is 28.7. The van der Waals surface area contributed by atoms with Gasteiger partial charge in [-0.15, -0.1) is 5.92 Å². The minimum atomic E-state index is -1.31. The minimum absolute atomic E-state index is 0.0443. The van der Waals surface area contributed by atoms with Crippen LogP contribution in [0.5, 0.6) is 23.0 Å². The Kier molecular flexibility index (Phi) is 14.2. The second-order valence-corrected chi connectivity index (χ2v) is 34.8. The molecular weight excluding hydrogens is 1230 g/mol. The zero-order valence-electron chi connectivity index (χ0n) is 54.7. The summed E-state index contributed by atoms with van der Waals surface area (Å²) in [5.74, 6) is 13.4. The quantitative estimate of drug-likeness (QED) is 0.0335. The van der Waals surface area contributed by atoms with Crippen molar-refractivity contribution in [2.45, 2.75) is 175 Å². The summed E-state index contributed by atoms with van der Waals surface area (Å²) in [5.41, 5.74) is 13.1. The standard InChI is InChI=1S/C84H87NO9S2/c1-94-74-35-57(50(40-86)29-73(74)91)56-32-69(87)61-28-49-27-53-26-48-25-51-41-95-96-42-62-58-31-67(81(53)21-9-15-46(39-81)23-44-11-4-2-5-12-44)70(88)33-59(58)64-30-52-16-10-22-82(52)43-83(64)65(62)38-76-84(66-36-72(90)71(89)34-60(66)63(82)37-75(83)84)78(80(61)93)54(20-19-47(56)24-45-13-6-3-7-14-45)68(85-76)18-8-17-55(77(48)49)79(51)92/h2-7,11-14,26-27,29-31,34-36,46-47,51-52,54-56,59,61,63,65,68,70,75-76,78-80,85-86,88-93H,9-10,15-16,18,21-25,28,32-33,37-43H2,1H3/t46-,47-,51+,52+,54+,55+,56+,59-,61-,63+,65+,68-,70-,75+,76-,78-,79+,80+,81+,82+,83-,84-/m1/s1. The van der Waals surface area contributed by atoms with Crippen molar-refractivity contribution >= 4 is 27.4 Å². The third kappa shape index (κ3) is 8.51. The Labute approximate surface area is 571 Å². The number of aliphatic hydroxyl groups is 4. The van der Waals surface area contributed by atoms with E-state index in [4.69, 9.17) is 4.74 Å². The molecule has 5 fully saturated rings. The topological polar surface area (TPSA) is 180 Å². The minimum Gasteiger partial charge on any atom is -0.504 e. The number of ether oxygens (including phenoxy) is 1. The number of rotatable bonds is 7. The van der Waals surface area contributed by atoms with Crippen LogP contribution in [0.15, 0.2) is 132 Å². The summed E-state index contributed by atoms with van der Waals surface area (Å²) in [7, 11) is 5.38. The van der Waals surface area contributed by atoms with Gasteiger partial charge in [0.05, 0.1) is 37.9 Å². The first-order valence-corrected chi connectivity index (χ1v) is 38.8. The Morgan fingerprint density at radius 3 is 2.33 bits per heavy atom. The van der Waals surface area contributed by atoms with Crippen molar-refractivity contribution in [2.24, 2.45) is 70.0 Å². The van der Waals surface area contributed by atoms with Gasteiger partial charge in [0, 0.05) is 94.1 Å². The fourth-order valence-corrected chi connectivity index (χ4v) is 27.8. The molecule has 11 aliphatic carbocycles. The highest BCUT2D eigenvalue weighted by Gasteiger charge is 2.79. The number of aromatic hydroxyl groups is 3. The van der Waals surface area contributed by atoms with Gasteiger partial charge >= 0.3 is 0 Å². The SMILES string of the molecule is COc1cc([C@H]2CC(=O)[C@H]3Cc4cc5cc6c4[C@@H]4C#CC[C@H]7N[C@@H]8C[C@H]9C(=C%10C=C([C@H](O)C[C@H]%10C%10=C[C@@H]%11CCC[C@]%11%12C[C@@]%109[C@@H]9C[C@H]%12c%10cc(O)c(O)cc%10[C@]89[C@@H]([C@H]3O)[C@H]7C#C[C@@H]2Cc2ccccc2)[C@]52CCC[C@H](Cc3ccccc3)C2)CSSC[C@H](C6)[C@@H]4O)c(CO)cc1O. The largest absolute Gasteiger partial charge is 0.504 e. The number of allylic oxidation sites excluding steroid dienone is 4. The Bertz CT molecular complexity index is 4330. The number of nitrogens with one attached hydrogen (secondary N) is 1. The molecule has 13 bridgehead atoms. The number of ketones is 1. The number of piperidine rings is 1. The summed E-state index contributed by atoms with van der Waals surface area (Å²) in [5, 5.41) is 94.7. The molecule has 0 amide bonds. The average molecular weight is 1320 g/mol. The lowest BCUT2D eigenvalue weighted by molar-refractivity contribution is -0.187. The monoisotopic (exact) mass is 1320 g/mol. The second kappa shape index (κ2) is 22.4. The van der Waals surface area contributed by atoms with E-state index >= 15 is 9.90 Å². The molecule has 12 heteroatoms. The zero-order valence-corrected chi connectivity index (χ0v) is 56.3. The number of carbonyl (C=O) groups is 1. The van der Waals surface area contributed by atoms with Gasteiger partial charge in [0.25, 0.3) is 0 Å². The van der Waals surface area contributed by atoms with Crippen LogP contribution in [0.25, 0.3) is 0 Å². The summed E-state index contributed by atoms with van der Waals surface area (Å²) >= 11 is 0. The molecule has 0 unspecified atom stereocenters. The molecule has 18 rings (SSSR count). The number of fused-ring (bicyclic) bond motifs is 10. The van der Waals surface area contributed by atoms with Crippen molar-refractivity contribution in [1.29, 1.82) is 0 Å². The zero-order chi connectivity index (χ0) is 64.9. The number of Topliss-reactive ketones (excluding diaryl/α,β-unsaturated/α-hetero) is 1. The summed E-state index contributed by atoms with van der Waals surface area (Å²) in [6.45, 7) is -0.404. The van der Waals surface area contributed by atoms with Crippen LogP contribution >= 0.6 is 21.6 Å². The first kappa shape index (κ1) is 60.9. The molecule has 5 aromatic carbocycles. The number of hydrogen-bond donors (Lipinski definition) is 8. The van der Waals surface area contributed by atoms with Gasteiger partial charge in [0.15, 0.2) is 23.0 Å². The molecule has 494 valence electrons. The number of phenolic OH excluding ortho intramolecular Hbond substituents is 3. The van der Waals surface area contributed by atoms with Gasteiger partial charge in [-0.1, -0.05) is 155 Å². The molecule has 0 aromatic heterocycles. The van der Waals surface area contributed by atoms with Gasteiger partial charge in [-0.2, -0.15) is 0 Å². The van der Waals surface area contributed by atoms with E-state index in [0.29, 0.717) is 42.7 Å². The van der Waals surface area contributed by atoms with E-state index in [1.165, 1.54) is 29.4 Å². The van der Waals surface area contributed by atoms with Crippen molar-refractivity contribution in [2.75, 3.05) is 18.6 Å². The first-order valence-electron chi connectivity index (χ1n) is 36.3. The number of phenols is 3. The molecule has 10 nitrogen and oxygen atoms in total. The van der Waals surface area contributed by atoms with Crippen molar-refractivity contribution in [3.63, 3.8) is 0 Å². The number of hydrogen-bond acceptors (Lipinski definition) is 12. The molecule has 4 spiro atoms. The summed E-state index contributed by atoms with van der Waals surface area (Å²) in [6, 6.07) is 32.6. The fourth-order valence-electron chi connectivity index (χ4n) is 25.2. The van der Waals surface area contributed by atoms with Gasteiger partial charge in [0.2, 0.25) is 0 Å². The highest BCUT2D eigenvalue weighted by atomic mass is 33.1. The molecule has 5 aromatic rings. The van der Waals surface area contributed by atoms with Crippen molar-refractivity contribution in [3.8, 4) is 46.7 Å². The smallest absolute Gasteiger partial charge is 0.160 e. The highest BCUT2D eigenvalue weighted by molar-refractivity contribution is 8.76. The molecule has 2 aliphatic heterocycles. The van der Waals surface area contributed by atoms with E-state index in [-0.39, 0.29) is 88.6 Å². The lowest BCUT2D eigenvalue weighted by Gasteiger charge is -2.78. The normalized spacial score (nSPS) is 40.4. The van der Waals surface area contributed by atoms with E-state index in [2.05, 4.69) is 95.7 Å².